The van der Waals surface area contributed by atoms with E-state index in [4.69, 9.17) is 32.9 Å². The second-order valence-corrected chi connectivity index (χ2v) is 8.85. The predicted octanol–water partition coefficient (Wildman–Crippen LogP) is 6.04. The molecule has 154 valence electrons. The molecule has 1 aliphatic rings. The molecule has 0 bridgehead atoms. The van der Waals surface area contributed by atoms with Crippen LogP contribution >= 0.6 is 23.2 Å². The minimum absolute atomic E-state index is 0.386. The number of halogens is 2. The SMILES string of the molecule is CN1CCCC(CCCn2c(COc3cc(Cl)cc(Cl)c3)nc3ccccc32)C1. The lowest BCUT2D eigenvalue weighted by atomic mass is 9.94. The van der Waals surface area contributed by atoms with Crippen LogP contribution in [0, 0.1) is 5.92 Å². The Bertz CT molecular complexity index is 952. The van der Waals surface area contributed by atoms with Crippen molar-refractivity contribution in [3.8, 4) is 5.75 Å². The second-order valence-electron chi connectivity index (χ2n) is 7.97. The van der Waals surface area contributed by atoms with Gasteiger partial charge in [0.25, 0.3) is 0 Å². The number of piperidine rings is 1. The first kappa shape index (κ1) is 20.5. The van der Waals surface area contributed by atoms with Crippen LogP contribution < -0.4 is 4.74 Å². The van der Waals surface area contributed by atoms with Gasteiger partial charge in [0.1, 0.15) is 18.2 Å². The average molecular weight is 432 g/mol. The van der Waals surface area contributed by atoms with Crippen molar-refractivity contribution in [2.75, 3.05) is 20.1 Å². The number of aryl methyl sites for hydroxylation is 1. The van der Waals surface area contributed by atoms with Crippen LogP contribution in [-0.4, -0.2) is 34.6 Å². The van der Waals surface area contributed by atoms with Crippen molar-refractivity contribution in [3.05, 3.63) is 58.3 Å². The molecule has 6 heteroatoms. The van der Waals surface area contributed by atoms with Crippen LogP contribution in [0.2, 0.25) is 10.0 Å². The number of ether oxygens (including phenoxy) is 1. The van der Waals surface area contributed by atoms with Crippen molar-refractivity contribution in [3.63, 3.8) is 0 Å². The summed E-state index contributed by atoms with van der Waals surface area (Å²) in [5, 5.41) is 1.14. The van der Waals surface area contributed by atoms with Gasteiger partial charge in [-0.25, -0.2) is 4.98 Å². The number of para-hydroxylation sites is 2. The number of nitrogens with zero attached hydrogens (tertiary/aromatic N) is 3. The monoisotopic (exact) mass is 431 g/mol. The molecule has 0 aliphatic carbocycles. The Kier molecular flexibility index (Phi) is 6.63. The maximum absolute atomic E-state index is 6.09. The highest BCUT2D eigenvalue weighted by Gasteiger charge is 2.17. The molecular weight excluding hydrogens is 405 g/mol. The van der Waals surface area contributed by atoms with E-state index in [0.29, 0.717) is 22.4 Å². The molecule has 2 aromatic carbocycles. The van der Waals surface area contributed by atoms with Gasteiger partial charge in [0.15, 0.2) is 0 Å². The molecule has 1 aliphatic heterocycles. The normalized spacial score (nSPS) is 17.7. The first-order valence-electron chi connectivity index (χ1n) is 10.3. The number of fused-ring (bicyclic) bond motifs is 1. The molecule has 1 fully saturated rings. The van der Waals surface area contributed by atoms with E-state index in [1.807, 2.05) is 6.07 Å². The van der Waals surface area contributed by atoms with E-state index in [-0.39, 0.29) is 0 Å². The van der Waals surface area contributed by atoms with Crippen molar-refractivity contribution < 1.29 is 4.74 Å². The minimum Gasteiger partial charge on any atom is -0.486 e. The Labute approximate surface area is 182 Å². The van der Waals surface area contributed by atoms with Gasteiger partial charge in [0.05, 0.1) is 11.0 Å². The van der Waals surface area contributed by atoms with Crippen molar-refractivity contribution in [2.24, 2.45) is 5.92 Å². The van der Waals surface area contributed by atoms with E-state index >= 15 is 0 Å². The molecule has 1 aromatic heterocycles. The van der Waals surface area contributed by atoms with E-state index in [1.165, 1.54) is 32.4 Å². The van der Waals surface area contributed by atoms with Gasteiger partial charge in [0.2, 0.25) is 0 Å². The Hall–Kier alpha value is -1.75. The van der Waals surface area contributed by atoms with Gasteiger partial charge in [-0.2, -0.15) is 0 Å². The fourth-order valence-electron chi connectivity index (χ4n) is 4.29. The zero-order chi connectivity index (χ0) is 20.2. The second kappa shape index (κ2) is 9.38. The summed E-state index contributed by atoms with van der Waals surface area (Å²) in [6.45, 7) is 3.79. The topological polar surface area (TPSA) is 30.3 Å². The molecule has 0 amide bonds. The molecule has 1 unspecified atom stereocenters. The van der Waals surface area contributed by atoms with Crippen molar-refractivity contribution in [1.29, 1.82) is 0 Å². The van der Waals surface area contributed by atoms with Crippen LogP contribution in [0.25, 0.3) is 11.0 Å². The summed E-state index contributed by atoms with van der Waals surface area (Å²) in [7, 11) is 2.23. The Morgan fingerprint density at radius 3 is 2.72 bits per heavy atom. The molecule has 3 aromatic rings. The minimum atomic E-state index is 0.386. The molecule has 4 nitrogen and oxygen atoms in total. The summed E-state index contributed by atoms with van der Waals surface area (Å²) in [6.07, 6.45) is 5.06. The van der Waals surface area contributed by atoms with Crippen LogP contribution in [0.5, 0.6) is 5.75 Å². The third-order valence-corrected chi connectivity index (χ3v) is 6.09. The fraction of sp³-hybridized carbons (Fsp3) is 0.435. The molecule has 1 atom stereocenters. The van der Waals surface area contributed by atoms with Gasteiger partial charge in [0, 0.05) is 23.1 Å². The number of hydrogen-bond acceptors (Lipinski definition) is 3. The summed E-state index contributed by atoms with van der Waals surface area (Å²) in [5.74, 6) is 2.39. The van der Waals surface area contributed by atoms with Crippen LogP contribution in [0.3, 0.4) is 0 Å². The molecule has 0 radical (unpaired) electrons. The highest BCUT2D eigenvalue weighted by Crippen LogP contribution is 2.26. The van der Waals surface area contributed by atoms with E-state index in [9.17, 15) is 0 Å². The molecular formula is C23H27Cl2N3O. The Balaban J connectivity index is 1.46. The summed E-state index contributed by atoms with van der Waals surface area (Å²) in [4.78, 5) is 7.27. The zero-order valence-electron chi connectivity index (χ0n) is 16.8. The zero-order valence-corrected chi connectivity index (χ0v) is 18.3. The third kappa shape index (κ3) is 5.25. The Morgan fingerprint density at radius 1 is 1.14 bits per heavy atom. The lowest BCUT2D eigenvalue weighted by Crippen LogP contribution is -2.32. The van der Waals surface area contributed by atoms with Crippen molar-refractivity contribution in [1.82, 2.24) is 14.5 Å². The standard InChI is InChI=1S/C23H27Cl2N3O/c1-27-10-4-6-17(15-27)7-5-11-28-22-9-3-2-8-21(22)26-23(28)16-29-20-13-18(24)12-19(25)14-20/h2-3,8-9,12-14,17H,4-7,10-11,15-16H2,1H3. The Morgan fingerprint density at radius 2 is 1.93 bits per heavy atom. The lowest BCUT2D eigenvalue weighted by Gasteiger charge is -2.29. The first-order valence-corrected chi connectivity index (χ1v) is 11.1. The highest BCUT2D eigenvalue weighted by molar-refractivity contribution is 6.34. The van der Waals surface area contributed by atoms with Gasteiger partial charge < -0.3 is 14.2 Å². The number of aromatic nitrogens is 2. The molecule has 1 saturated heterocycles. The smallest absolute Gasteiger partial charge is 0.147 e. The molecule has 29 heavy (non-hydrogen) atoms. The fourth-order valence-corrected chi connectivity index (χ4v) is 4.80. The number of likely N-dealkylation sites (tertiary alicyclic amines) is 1. The van der Waals surface area contributed by atoms with Crippen molar-refractivity contribution >= 4 is 34.2 Å². The summed E-state index contributed by atoms with van der Waals surface area (Å²) in [6, 6.07) is 13.5. The maximum atomic E-state index is 6.09. The quantitative estimate of drug-likeness (QED) is 0.456. The summed E-state index contributed by atoms with van der Waals surface area (Å²) in [5.41, 5.74) is 2.17. The number of imidazole rings is 1. The number of benzene rings is 2. The highest BCUT2D eigenvalue weighted by atomic mass is 35.5. The molecule has 0 N–H and O–H groups in total. The summed E-state index contributed by atoms with van der Waals surface area (Å²) >= 11 is 12.2. The average Bonchev–Trinajstić information content (AvgIpc) is 3.03. The predicted molar refractivity (Wildman–Crippen MR) is 120 cm³/mol. The van der Waals surface area contributed by atoms with E-state index in [2.05, 4.69) is 34.7 Å². The molecule has 2 heterocycles. The largest absolute Gasteiger partial charge is 0.486 e. The third-order valence-electron chi connectivity index (χ3n) is 5.65. The lowest BCUT2D eigenvalue weighted by molar-refractivity contribution is 0.198. The van der Waals surface area contributed by atoms with E-state index in [0.717, 1.165) is 35.7 Å². The molecule has 4 rings (SSSR count). The number of rotatable bonds is 7. The molecule has 0 spiro atoms. The van der Waals surface area contributed by atoms with E-state index in [1.54, 1.807) is 18.2 Å². The van der Waals surface area contributed by atoms with Crippen LogP contribution in [0.1, 0.15) is 31.5 Å². The number of hydrogen-bond donors (Lipinski definition) is 0. The van der Waals surface area contributed by atoms with E-state index < -0.39 is 0 Å². The van der Waals surface area contributed by atoms with Gasteiger partial charge in [-0.1, -0.05) is 35.3 Å². The summed E-state index contributed by atoms with van der Waals surface area (Å²) < 4.78 is 8.28. The van der Waals surface area contributed by atoms with Gasteiger partial charge in [-0.3, -0.25) is 0 Å². The van der Waals surface area contributed by atoms with Crippen LogP contribution in [-0.2, 0) is 13.2 Å². The van der Waals surface area contributed by atoms with Crippen LogP contribution in [0.15, 0.2) is 42.5 Å². The van der Waals surface area contributed by atoms with Gasteiger partial charge in [-0.15, -0.1) is 0 Å². The maximum Gasteiger partial charge on any atom is 0.147 e. The van der Waals surface area contributed by atoms with Gasteiger partial charge in [-0.05, 0) is 75.5 Å². The van der Waals surface area contributed by atoms with Gasteiger partial charge >= 0.3 is 0 Å². The first-order chi connectivity index (χ1) is 14.1. The molecule has 0 saturated carbocycles. The van der Waals surface area contributed by atoms with Crippen molar-refractivity contribution in [2.45, 2.75) is 38.8 Å². The van der Waals surface area contributed by atoms with Crippen LogP contribution in [0.4, 0.5) is 0 Å².